The van der Waals surface area contributed by atoms with Crippen LogP contribution in [0.1, 0.15) is 32.8 Å². The molecule has 23 heavy (non-hydrogen) atoms. The van der Waals surface area contributed by atoms with E-state index in [1.807, 2.05) is 32.9 Å². The van der Waals surface area contributed by atoms with Crippen molar-refractivity contribution < 1.29 is 9.57 Å². The van der Waals surface area contributed by atoms with Crippen molar-refractivity contribution in [2.24, 2.45) is 21.5 Å². The van der Waals surface area contributed by atoms with Crippen LogP contribution in [0.5, 0.6) is 5.75 Å². The number of hydrogen-bond acceptors (Lipinski definition) is 7. The lowest BCUT2D eigenvalue weighted by Crippen LogP contribution is -2.53. The fourth-order valence-electron chi connectivity index (χ4n) is 2.37. The van der Waals surface area contributed by atoms with Crippen LogP contribution >= 0.6 is 0 Å². The smallest absolute Gasteiger partial charge is 0.226 e. The van der Waals surface area contributed by atoms with Crippen molar-refractivity contribution >= 4 is 11.9 Å². The minimum absolute atomic E-state index is 0.168. The Labute approximate surface area is 136 Å². The van der Waals surface area contributed by atoms with Crippen LogP contribution in [0.25, 0.3) is 0 Å². The lowest BCUT2D eigenvalue weighted by molar-refractivity contribution is -0.157. The minimum Gasteiger partial charge on any atom is -0.494 e. The molecule has 0 fully saturated rings. The highest BCUT2D eigenvalue weighted by Crippen LogP contribution is 2.20. The Morgan fingerprint density at radius 1 is 1.17 bits per heavy atom. The molecule has 0 amide bonds. The second-order valence-electron chi connectivity index (χ2n) is 5.74. The van der Waals surface area contributed by atoms with E-state index in [9.17, 15) is 0 Å². The first-order valence-electron chi connectivity index (χ1n) is 7.77. The topological polar surface area (TPSA) is 98.5 Å². The van der Waals surface area contributed by atoms with E-state index in [1.54, 1.807) is 0 Å². The first-order chi connectivity index (χ1) is 10.9. The summed E-state index contributed by atoms with van der Waals surface area (Å²) in [6.45, 7) is 6.90. The third kappa shape index (κ3) is 4.59. The second-order valence-corrected chi connectivity index (χ2v) is 5.74. The van der Waals surface area contributed by atoms with Crippen LogP contribution in [0, 0.1) is 0 Å². The molecule has 1 aliphatic heterocycles. The van der Waals surface area contributed by atoms with E-state index in [2.05, 4.69) is 22.1 Å². The molecule has 7 heteroatoms. The Balaban J connectivity index is 1.80. The van der Waals surface area contributed by atoms with Crippen LogP contribution < -0.4 is 16.2 Å². The first-order valence-corrected chi connectivity index (χ1v) is 7.77. The maximum Gasteiger partial charge on any atom is 0.226 e. The van der Waals surface area contributed by atoms with Crippen molar-refractivity contribution in [3.8, 4) is 5.75 Å². The van der Waals surface area contributed by atoms with Crippen LogP contribution in [-0.2, 0) is 11.3 Å². The lowest BCUT2D eigenvalue weighted by Gasteiger charge is -2.36. The number of nitrogens with zero attached hydrogens (tertiary/aromatic N) is 3. The van der Waals surface area contributed by atoms with Gasteiger partial charge in [-0.3, -0.25) is 4.84 Å². The fourth-order valence-corrected chi connectivity index (χ4v) is 2.37. The maximum atomic E-state index is 5.86. The highest BCUT2D eigenvalue weighted by Gasteiger charge is 2.32. The second kappa shape index (κ2) is 7.32. The third-order valence-electron chi connectivity index (χ3n) is 3.39. The minimum atomic E-state index is -0.658. The summed E-state index contributed by atoms with van der Waals surface area (Å²) in [5.41, 5.74) is 12.1. The molecule has 0 aliphatic carbocycles. The van der Waals surface area contributed by atoms with Crippen LogP contribution in [-0.4, -0.2) is 35.9 Å². The third-order valence-corrected chi connectivity index (χ3v) is 3.39. The van der Waals surface area contributed by atoms with E-state index in [-0.39, 0.29) is 11.9 Å². The summed E-state index contributed by atoms with van der Waals surface area (Å²) in [5.74, 6) is 1.28. The van der Waals surface area contributed by atoms with Gasteiger partial charge in [-0.15, -0.1) is 0 Å². The van der Waals surface area contributed by atoms with E-state index in [0.717, 1.165) is 18.6 Å². The fraction of sp³-hybridized carbons (Fsp3) is 0.500. The lowest BCUT2D eigenvalue weighted by atomic mass is 10.1. The summed E-state index contributed by atoms with van der Waals surface area (Å²) >= 11 is 0. The zero-order chi connectivity index (χ0) is 16.9. The number of nitrogens with two attached hydrogens (primary N) is 2. The van der Waals surface area contributed by atoms with Crippen molar-refractivity contribution in [2.45, 2.75) is 39.3 Å². The quantitative estimate of drug-likeness (QED) is 0.744. The van der Waals surface area contributed by atoms with Crippen molar-refractivity contribution in [3.05, 3.63) is 29.8 Å². The summed E-state index contributed by atoms with van der Waals surface area (Å²) in [5, 5.41) is 1.50. The molecule has 0 unspecified atom stereocenters. The molecule has 126 valence electrons. The van der Waals surface area contributed by atoms with Gasteiger partial charge >= 0.3 is 0 Å². The molecule has 1 aliphatic rings. The standard InChI is InChI=1S/C16H25N5O2/c1-4-22-13-9-7-12(8-10-13)6-5-11-23-21-15(18)19-14(17)20-16(21,2)3/h7-10H,4-6,11H2,1-3H3,(H4,17,18,19,20). The van der Waals surface area contributed by atoms with Gasteiger partial charge in [-0.2, -0.15) is 10.1 Å². The molecule has 1 heterocycles. The molecule has 1 aromatic carbocycles. The zero-order valence-corrected chi connectivity index (χ0v) is 14.0. The molecular formula is C16H25N5O2. The van der Waals surface area contributed by atoms with E-state index in [1.165, 1.54) is 10.6 Å². The van der Waals surface area contributed by atoms with Gasteiger partial charge in [-0.05, 0) is 51.3 Å². The average Bonchev–Trinajstić information content (AvgIpc) is 2.46. The van der Waals surface area contributed by atoms with Gasteiger partial charge in [0.2, 0.25) is 11.9 Å². The van der Waals surface area contributed by atoms with Crippen molar-refractivity contribution in [3.63, 3.8) is 0 Å². The van der Waals surface area contributed by atoms with E-state index < -0.39 is 5.66 Å². The van der Waals surface area contributed by atoms with Gasteiger partial charge < -0.3 is 16.2 Å². The molecule has 0 radical (unpaired) electrons. The molecule has 1 aromatic rings. The van der Waals surface area contributed by atoms with Gasteiger partial charge in [-0.25, -0.2) is 4.99 Å². The maximum absolute atomic E-state index is 5.86. The average molecular weight is 319 g/mol. The largest absolute Gasteiger partial charge is 0.494 e. The summed E-state index contributed by atoms with van der Waals surface area (Å²) < 4.78 is 5.43. The molecular weight excluding hydrogens is 294 g/mol. The summed E-state index contributed by atoms with van der Waals surface area (Å²) in [4.78, 5) is 13.9. The summed E-state index contributed by atoms with van der Waals surface area (Å²) in [6.07, 6.45) is 1.76. The van der Waals surface area contributed by atoms with Crippen LogP contribution in [0.4, 0.5) is 0 Å². The van der Waals surface area contributed by atoms with E-state index in [4.69, 9.17) is 21.0 Å². The Bertz CT molecular complexity index is 581. The number of rotatable bonds is 7. The van der Waals surface area contributed by atoms with Crippen molar-refractivity contribution in [2.75, 3.05) is 13.2 Å². The Hall–Kier alpha value is -2.28. The van der Waals surface area contributed by atoms with E-state index in [0.29, 0.717) is 13.2 Å². The van der Waals surface area contributed by atoms with Gasteiger partial charge in [0.1, 0.15) is 5.75 Å². The van der Waals surface area contributed by atoms with Gasteiger partial charge in [0, 0.05) is 0 Å². The van der Waals surface area contributed by atoms with Gasteiger partial charge in [0.05, 0.1) is 13.2 Å². The number of ether oxygens (including phenoxy) is 1. The van der Waals surface area contributed by atoms with Crippen LogP contribution in [0.3, 0.4) is 0 Å². The van der Waals surface area contributed by atoms with Gasteiger partial charge in [0.25, 0.3) is 0 Å². The molecule has 7 nitrogen and oxygen atoms in total. The molecule has 2 rings (SSSR count). The number of aliphatic imine (C=N–C) groups is 2. The molecule has 4 N–H and O–H groups in total. The molecule has 0 saturated carbocycles. The van der Waals surface area contributed by atoms with Gasteiger partial charge in [0.15, 0.2) is 5.66 Å². The normalized spacial score (nSPS) is 16.7. The number of aryl methyl sites for hydroxylation is 1. The number of hydrogen-bond donors (Lipinski definition) is 2. The predicted molar refractivity (Wildman–Crippen MR) is 91.0 cm³/mol. The Kier molecular flexibility index (Phi) is 5.44. The number of hydroxylamine groups is 2. The Morgan fingerprint density at radius 3 is 2.48 bits per heavy atom. The van der Waals surface area contributed by atoms with Crippen molar-refractivity contribution in [1.29, 1.82) is 0 Å². The monoisotopic (exact) mass is 319 g/mol. The van der Waals surface area contributed by atoms with Gasteiger partial charge in [-0.1, -0.05) is 12.1 Å². The number of guanidine groups is 2. The molecule has 0 bridgehead atoms. The summed E-state index contributed by atoms with van der Waals surface area (Å²) in [6, 6.07) is 8.10. The first kappa shape index (κ1) is 17.1. The molecule has 0 atom stereocenters. The predicted octanol–water partition coefficient (Wildman–Crippen LogP) is 1.63. The van der Waals surface area contributed by atoms with E-state index >= 15 is 0 Å². The van der Waals surface area contributed by atoms with Crippen LogP contribution in [0.2, 0.25) is 0 Å². The van der Waals surface area contributed by atoms with Crippen LogP contribution in [0.15, 0.2) is 34.3 Å². The number of benzene rings is 1. The zero-order valence-electron chi connectivity index (χ0n) is 14.0. The molecule has 0 saturated heterocycles. The van der Waals surface area contributed by atoms with Crippen molar-refractivity contribution in [1.82, 2.24) is 5.06 Å². The molecule has 0 aromatic heterocycles. The Morgan fingerprint density at radius 2 is 1.87 bits per heavy atom. The highest BCUT2D eigenvalue weighted by atomic mass is 16.7. The molecule has 0 spiro atoms. The summed E-state index contributed by atoms with van der Waals surface area (Å²) in [7, 11) is 0. The highest BCUT2D eigenvalue weighted by molar-refractivity contribution is 5.95. The SMILES string of the molecule is CCOc1ccc(CCCON2C(N)=NC(N)=NC2(C)C)cc1.